The Morgan fingerprint density at radius 1 is 0.913 bits per heavy atom. The van der Waals surface area contributed by atoms with E-state index in [-0.39, 0.29) is 0 Å². The first kappa shape index (κ1) is 13.8. The number of hydrogen-bond acceptors (Lipinski definition) is 3. The predicted octanol–water partition coefficient (Wildman–Crippen LogP) is 4.32. The fourth-order valence-electron chi connectivity index (χ4n) is 2.51. The number of nitrogens with two attached hydrogens (primary N) is 1. The predicted molar refractivity (Wildman–Crippen MR) is 93.7 cm³/mol. The number of halogens is 1. The number of para-hydroxylation sites is 1. The van der Waals surface area contributed by atoms with E-state index in [9.17, 15) is 0 Å². The van der Waals surface area contributed by atoms with Crippen LogP contribution in [-0.4, -0.2) is 14.8 Å². The van der Waals surface area contributed by atoms with E-state index in [0.29, 0.717) is 16.7 Å². The Bertz CT molecular complexity index is 990. The summed E-state index contributed by atoms with van der Waals surface area (Å²) in [5.74, 6) is 1.24. The first-order chi connectivity index (χ1) is 11.2. The normalized spacial score (nSPS) is 11.0. The quantitative estimate of drug-likeness (QED) is 0.598. The van der Waals surface area contributed by atoms with Gasteiger partial charge < -0.3 is 5.73 Å². The summed E-state index contributed by atoms with van der Waals surface area (Å²) in [5.41, 5.74) is 8.77. The maximum Gasteiger partial charge on any atom is 0.156 e. The lowest BCUT2D eigenvalue weighted by Gasteiger charge is -2.04. The van der Waals surface area contributed by atoms with Crippen LogP contribution < -0.4 is 5.73 Å². The third kappa shape index (κ3) is 2.53. The summed E-state index contributed by atoms with van der Waals surface area (Å²) in [5, 5.41) is 6.35. The Morgan fingerprint density at radius 2 is 1.70 bits per heavy atom. The van der Waals surface area contributed by atoms with Gasteiger partial charge in [-0.05, 0) is 30.3 Å². The number of hydrogen-bond donors (Lipinski definition) is 1. The first-order valence-electron chi connectivity index (χ1n) is 7.18. The number of pyridine rings is 1. The van der Waals surface area contributed by atoms with Crippen molar-refractivity contribution in [1.29, 1.82) is 0 Å². The summed E-state index contributed by atoms with van der Waals surface area (Å²) in [6.07, 6.45) is 0. The molecule has 0 spiro atoms. The van der Waals surface area contributed by atoms with Gasteiger partial charge in [-0.3, -0.25) is 0 Å². The molecule has 0 fully saturated rings. The molecule has 0 aliphatic rings. The standard InChI is InChI=1S/C18H13ClN4/c19-14-8-5-13(6-9-14)16-11-17(20)23(22-16)18-10-7-12-3-1-2-4-15(12)21-18/h1-11H,20H2. The van der Waals surface area contributed by atoms with Crippen LogP contribution in [0.2, 0.25) is 5.02 Å². The van der Waals surface area contributed by atoms with Crippen LogP contribution in [-0.2, 0) is 0 Å². The number of nitrogen functional groups attached to an aromatic ring is 1. The van der Waals surface area contributed by atoms with Crippen LogP contribution in [0.1, 0.15) is 0 Å². The highest BCUT2D eigenvalue weighted by Gasteiger charge is 2.10. The molecule has 0 amide bonds. The van der Waals surface area contributed by atoms with Crippen molar-refractivity contribution in [2.24, 2.45) is 0 Å². The van der Waals surface area contributed by atoms with Crippen LogP contribution in [0.4, 0.5) is 5.82 Å². The lowest BCUT2D eigenvalue weighted by atomic mass is 10.1. The molecule has 0 bridgehead atoms. The van der Waals surface area contributed by atoms with Crippen LogP contribution in [0.3, 0.4) is 0 Å². The Hall–Kier alpha value is -2.85. The maximum atomic E-state index is 6.12. The molecular weight excluding hydrogens is 308 g/mol. The molecule has 23 heavy (non-hydrogen) atoms. The van der Waals surface area contributed by atoms with Gasteiger partial charge in [0.25, 0.3) is 0 Å². The van der Waals surface area contributed by atoms with Gasteiger partial charge in [0, 0.05) is 22.0 Å². The minimum Gasteiger partial charge on any atom is -0.384 e. The molecule has 0 aliphatic carbocycles. The van der Waals surface area contributed by atoms with Gasteiger partial charge in [-0.2, -0.15) is 9.78 Å². The van der Waals surface area contributed by atoms with Crippen molar-refractivity contribution in [3.63, 3.8) is 0 Å². The monoisotopic (exact) mass is 320 g/mol. The van der Waals surface area contributed by atoms with Gasteiger partial charge in [0.2, 0.25) is 0 Å². The molecule has 0 unspecified atom stereocenters. The minimum absolute atomic E-state index is 0.540. The Morgan fingerprint density at radius 3 is 2.52 bits per heavy atom. The molecule has 0 saturated heterocycles. The summed E-state index contributed by atoms with van der Waals surface area (Å²) in [6.45, 7) is 0. The molecular formula is C18H13ClN4. The van der Waals surface area contributed by atoms with E-state index >= 15 is 0 Å². The van der Waals surface area contributed by atoms with Gasteiger partial charge in [-0.15, -0.1) is 0 Å². The van der Waals surface area contributed by atoms with Crippen molar-refractivity contribution in [3.05, 3.63) is 71.8 Å². The van der Waals surface area contributed by atoms with Crippen molar-refractivity contribution in [1.82, 2.24) is 14.8 Å². The van der Waals surface area contributed by atoms with Crippen molar-refractivity contribution >= 4 is 28.3 Å². The molecule has 0 aliphatic heterocycles. The Labute approximate surface area is 138 Å². The number of fused-ring (bicyclic) bond motifs is 1. The fraction of sp³-hybridized carbons (Fsp3) is 0. The number of nitrogens with zero attached hydrogens (tertiary/aromatic N) is 3. The highest BCUT2D eigenvalue weighted by atomic mass is 35.5. The molecule has 0 atom stereocenters. The van der Waals surface area contributed by atoms with Gasteiger partial charge in [-0.1, -0.05) is 41.9 Å². The summed E-state index contributed by atoms with van der Waals surface area (Å²) in [4.78, 5) is 4.63. The molecule has 0 radical (unpaired) electrons. The van der Waals surface area contributed by atoms with Crippen molar-refractivity contribution in [2.75, 3.05) is 5.73 Å². The van der Waals surface area contributed by atoms with Gasteiger partial charge in [0.15, 0.2) is 5.82 Å². The number of anilines is 1. The van der Waals surface area contributed by atoms with E-state index < -0.39 is 0 Å². The molecule has 2 aromatic heterocycles. The third-order valence-corrected chi connectivity index (χ3v) is 3.93. The second-order valence-electron chi connectivity index (χ2n) is 5.24. The highest BCUT2D eigenvalue weighted by molar-refractivity contribution is 6.30. The minimum atomic E-state index is 0.540. The molecule has 2 N–H and O–H groups in total. The van der Waals surface area contributed by atoms with E-state index in [1.807, 2.05) is 66.7 Å². The van der Waals surface area contributed by atoms with Gasteiger partial charge in [0.05, 0.1) is 11.2 Å². The second kappa shape index (κ2) is 5.41. The highest BCUT2D eigenvalue weighted by Crippen LogP contribution is 2.24. The Kier molecular flexibility index (Phi) is 3.24. The van der Waals surface area contributed by atoms with Gasteiger partial charge >= 0.3 is 0 Å². The zero-order chi connectivity index (χ0) is 15.8. The molecule has 0 saturated carbocycles. The van der Waals surface area contributed by atoms with E-state index in [1.165, 1.54) is 0 Å². The molecule has 4 aromatic rings. The lowest BCUT2D eigenvalue weighted by molar-refractivity contribution is 0.866. The molecule has 112 valence electrons. The smallest absolute Gasteiger partial charge is 0.156 e. The number of benzene rings is 2. The summed E-state index contributed by atoms with van der Waals surface area (Å²) in [6, 6.07) is 21.2. The molecule has 5 heteroatoms. The van der Waals surface area contributed by atoms with Crippen molar-refractivity contribution in [3.8, 4) is 17.1 Å². The number of rotatable bonds is 2. The maximum absolute atomic E-state index is 6.12. The van der Waals surface area contributed by atoms with E-state index in [2.05, 4.69) is 10.1 Å². The summed E-state index contributed by atoms with van der Waals surface area (Å²) in [7, 11) is 0. The largest absolute Gasteiger partial charge is 0.384 e. The summed E-state index contributed by atoms with van der Waals surface area (Å²) < 4.78 is 1.65. The van der Waals surface area contributed by atoms with E-state index in [4.69, 9.17) is 17.3 Å². The van der Waals surface area contributed by atoms with Gasteiger partial charge in [0.1, 0.15) is 5.82 Å². The first-order valence-corrected chi connectivity index (χ1v) is 7.56. The second-order valence-corrected chi connectivity index (χ2v) is 5.67. The SMILES string of the molecule is Nc1cc(-c2ccc(Cl)cc2)nn1-c1ccc2ccccc2n1. The van der Waals surface area contributed by atoms with E-state index in [0.717, 1.165) is 22.2 Å². The average Bonchev–Trinajstić information content (AvgIpc) is 2.97. The zero-order valence-corrected chi connectivity index (χ0v) is 12.9. The molecule has 4 nitrogen and oxygen atoms in total. The van der Waals surface area contributed by atoms with Gasteiger partial charge in [-0.25, -0.2) is 4.98 Å². The molecule has 2 aromatic carbocycles. The Balaban J connectivity index is 1.80. The topological polar surface area (TPSA) is 56.7 Å². The van der Waals surface area contributed by atoms with Crippen molar-refractivity contribution < 1.29 is 0 Å². The fourth-order valence-corrected chi connectivity index (χ4v) is 2.64. The van der Waals surface area contributed by atoms with Crippen LogP contribution in [0.5, 0.6) is 0 Å². The van der Waals surface area contributed by atoms with Crippen LogP contribution in [0, 0.1) is 0 Å². The molecule has 2 heterocycles. The van der Waals surface area contributed by atoms with Crippen LogP contribution in [0.25, 0.3) is 28.0 Å². The van der Waals surface area contributed by atoms with Crippen molar-refractivity contribution in [2.45, 2.75) is 0 Å². The summed E-state index contributed by atoms with van der Waals surface area (Å²) >= 11 is 5.93. The third-order valence-electron chi connectivity index (χ3n) is 3.68. The molecule has 4 rings (SSSR count). The van der Waals surface area contributed by atoms with Crippen LogP contribution >= 0.6 is 11.6 Å². The average molecular weight is 321 g/mol. The zero-order valence-electron chi connectivity index (χ0n) is 12.1. The number of aromatic nitrogens is 3. The lowest BCUT2D eigenvalue weighted by Crippen LogP contribution is -2.03. The van der Waals surface area contributed by atoms with E-state index in [1.54, 1.807) is 4.68 Å². The van der Waals surface area contributed by atoms with Crippen LogP contribution in [0.15, 0.2) is 66.7 Å².